The number of halogens is 3. The molecule has 5 rings (SSSR count). The highest BCUT2D eigenvalue weighted by atomic mass is 19.4. The van der Waals surface area contributed by atoms with Gasteiger partial charge in [0.25, 0.3) is 5.91 Å². The lowest BCUT2D eigenvalue weighted by molar-refractivity contribution is -0.188. The number of hydrogen-bond acceptors (Lipinski definition) is 5. The smallest absolute Gasteiger partial charge is 0.416 e. The maximum atomic E-state index is 13.9. The van der Waals surface area contributed by atoms with Crippen molar-refractivity contribution in [3.8, 4) is 5.75 Å². The molecule has 0 unspecified atom stereocenters. The van der Waals surface area contributed by atoms with Gasteiger partial charge in [-0.1, -0.05) is 54.6 Å². The summed E-state index contributed by atoms with van der Waals surface area (Å²) in [7, 11) is 3.16. The summed E-state index contributed by atoms with van der Waals surface area (Å²) in [6.45, 7) is -0.167. The minimum Gasteiger partial charge on any atom is -0.497 e. The first-order valence-electron chi connectivity index (χ1n) is 13.3. The van der Waals surface area contributed by atoms with Crippen LogP contribution in [0.25, 0.3) is 0 Å². The second kappa shape index (κ2) is 11.7. The van der Waals surface area contributed by atoms with Crippen molar-refractivity contribution in [1.82, 2.24) is 25.1 Å². The second-order valence-corrected chi connectivity index (χ2v) is 10.2. The molecule has 4 amide bonds. The van der Waals surface area contributed by atoms with E-state index in [9.17, 15) is 27.6 Å². The van der Waals surface area contributed by atoms with Crippen LogP contribution in [0, 0.1) is 0 Å². The molecule has 3 aromatic carbocycles. The molecule has 2 aliphatic heterocycles. The monoisotopic (exact) mass is 581 g/mol. The van der Waals surface area contributed by atoms with Crippen LogP contribution >= 0.6 is 0 Å². The minimum absolute atomic E-state index is 0.0928. The molecule has 2 heterocycles. The van der Waals surface area contributed by atoms with Crippen molar-refractivity contribution in [1.29, 1.82) is 0 Å². The van der Waals surface area contributed by atoms with E-state index in [0.29, 0.717) is 11.3 Å². The molecule has 2 fully saturated rings. The van der Waals surface area contributed by atoms with E-state index >= 15 is 0 Å². The number of carbonyl (C=O) groups is 3. The number of ether oxygens (including phenoxy) is 1. The number of urea groups is 1. The van der Waals surface area contributed by atoms with E-state index in [0.717, 1.165) is 17.7 Å². The summed E-state index contributed by atoms with van der Waals surface area (Å²) in [4.78, 5) is 43.7. The molecule has 0 aromatic heterocycles. The summed E-state index contributed by atoms with van der Waals surface area (Å²) >= 11 is 0. The van der Waals surface area contributed by atoms with E-state index in [1.54, 1.807) is 56.6 Å². The topological polar surface area (TPSA) is 85.4 Å². The summed E-state index contributed by atoms with van der Waals surface area (Å²) in [6.07, 6.45) is -5.44. The van der Waals surface area contributed by atoms with Gasteiger partial charge in [-0.2, -0.15) is 13.2 Å². The minimum atomic E-state index is -4.54. The Morgan fingerprint density at radius 2 is 1.69 bits per heavy atom. The molecule has 2 atom stereocenters. The van der Waals surface area contributed by atoms with Crippen LogP contribution in [0.1, 0.15) is 28.3 Å². The highest BCUT2D eigenvalue weighted by Gasteiger charge is 2.51. The summed E-state index contributed by atoms with van der Waals surface area (Å²) < 4.78 is 45.4. The van der Waals surface area contributed by atoms with Gasteiger partial charge in [0.05, 0.1) is 25.8 Å². The van der Waals surface area contributed by atoms with Crippen molar-refractivity contribution >= 4 is 17.8 Å². The number of amides is 4. The summed E-state index contributed by atoms with van der Waals surface area (Å²) in [5.41, 5.74) is 0.823. The molecule has 1 N–H and O–H groups in total. The maximum Gasteiger partial charge on any atom is 0.416 e. The number of piperazine rings is 1. The SMILES string of the molecule is COc1ccc(CNC(=O)N2[C@H]3CN(Cc4cccc(C(F)(F)F)c4)C(=O)[C@H](c4ccccc4)N3C(=O)CN2C)cc1. The molecule has 9 nitrogen and oxygen atoms in total. The standard InChI is InChI=1S/C30H30F3N5O4/c1-35-19-26(39)37-25(38(35)29(41)34-16-20-11-13-24(42-2)14-12-20)18-36(28(40)27(37)22-8-4-3-5-9-22)17-21-7-6-10-23(15-21)30(31,32)33/h3-15,25,27H,16-19H2,1-2H3,(H,34,41)/t25-,27-/m0/s1. The van der Waals surface area contributed by atoms with Crippen LogP contribution < -0.4 is 10.1 Å². The van der Waals surface area contributed by atoms with E-state index in [2.05, 4.69) is 5.32 Å². The summed E-state index contributed by atoms with van der Waals surface area (Å²) in [5, 5.41) is 5.77. The number of nitrogens with zero attached hydrogens (tertiary/aromatic N) is 4. The molecule has 12 heteroatoms. The largest absolute Gasteiger partial charge is 0.497 e. The second-order valence-electron chi connectivity index (χ2n) is 10.2. The Morgan fingerprint density at radius 1 is 0.976 bits per heavy atom. The molecule has 0 spiro atoms. The lowest BCUT2D eigenvalue weighted by Crippen LogP contribution is -2.73. The Hall–Kier alpha value is -4.58. The first-order valence-corrected chi connectivity index (χ1v) is 13.3. The molecule has 0 aliphatic carbocycles. The molecule has 42 heavy (non-hydrogen) atoms. The van der Waals surface area contributed by atoms with E-state index in [1.165, 1.54) is 32.0 Å². The predicted molar refractivity (Wildman–Crippen MR) is 146 cm³/mol. The number of fused-ring (bicyclic) bond motifs is 1. The zero-order chi connectivity index (χ0) is 30.0. The van der Waals surface area contributed by atoms with Gasteiger partial charge in [-0.3, -0.25) is 9.59 Å². The highest BCUT2D eigenvalue weighted by molar-refractivity contribution is 5.92. The number of carbonyl (C=O) groups excluding carboxylic acids is 3. The summed E-state index contributed by atoms with van der Waals surface area (Å²) in [6, 6.07) is 19.1. The number of alkyl halides is 3. The molecule has 0 radical (unpaired) electrons. The summed E-state index contributed by atoms with van der Waals surface area (Å²) in [5.74, 6) is -0.108. The fourth-order valence-corrected chi connectivity index (χ4v) is 5.37. The van der Waals surface area contributed by atoms with Gasteiger partial charge in [-0.05, 0) is 41.0 Å². The van der Waals surface area contributed by atoms with Crippen molar-refractivity contribution in [2.75, 3.05) is 27.2 Å². The van der Waals surface area contributed by atoms with Gasteiger partial charge in [0.15, 0.2) is 0 Å². The normalized spacial score (nSPS) is 19.5. The van der Waals surface area contributed by atoms with Gasteiger partial charge in [-0.15, -0.1) is 0 Å². The average Bonchev–Trinajstić information content (AvgIpc) is 2.97. The van der Waals surface area contributed by atoms with Crippen molar-refractivity contribution in [3.63, 3.8) is 0 Å². The number of hydrazine groups is 1. The van der Waals surface area contributed by atoms with Crippen LogP contribution in [0.15, 0.2) is 78.9 Å². The van der Waals surface area contributed by atoms with Gasteiger partial charge in [0.1, 0.15) is 18.0 Å². The highest BCUT2D eigenvalue weighted by Crippen LogP contribution is 2.36. The number of benzene rings is 3. The predicted octanol–water partition coefficient (Wildman–Crippen LogP) is 4.02. The Balaban J connectivity index is 1.46. The van der Waals surface area contributed by atoms with Crippen LogP contribution in [-0.4, -0.2) is 71.1 Å². The molecule has 3 aromatic rings. The molecular formula is C30H30F3N5O4. The van der Waals surface area contributed by atoms with E-state index < -0.39 is 35.9 Å². The first-order chi connectivity index (χ1) is 20.1. The maximum absolute atomic E-state index is 13.9. The van der Waals surface area contributed by atoms with Crippen molar-refractivity contribution in [2.24, 2.45) is 0 Å². The van der Waals surface area contributed by atoms with Gasteiger partial charge >= 0.3 is 12.2 Å². The van der Waals surface area contributed by atoms with Crippen molar-refractivity contribution in [2.45, 2.75) is 31.5 Å². The zero-order valence-electron chi connectivity index (χ0n) is 23.0. The molecule has 220 valence electrons. The van der Waals surface area contributed by atoms with Gasteiger partial charge in [0, 0.05) is 20.1 Å². The van der Waals surface area contributed by atoms with Crippen molar-refractivity contribution < 1.29 is 32.3 Å². The molecule has 2 aliphatic rings. The van der Waals surface area contributed by atoms with Crippen LogP contribution in [0.5, 0.6) is 5.75 Å². The number of likely N-dealkylation sites (N-methyl/N-ethyl adjacent to an activating group) is 1. The Kier molecular flexibility index (Phi) is 8.08. The third-order valence-electron chi connectivity index (χ3n) is 7.38. The number of methoxy groups -OCH3 is 1. The van der Waals surface area contributed by atoms with Crippen molar-refractivity contribution in [3.05, 3.63) is 101 Å². The van der Waals surface area contributed by atoms with Crippen LogP contribution in [0.3, 0.4) is 0 Å². The van der Waals surface area contributed by atoms with E-state index in [4.69, 9.17) is 4.74 Å². The lowest BCUT2D eigenvalue weighted by atomic mass is 9.98. The molecule has 0 saturated carbocycles. The Labute approximate surface area is 241 Å². The Morgan fingerprint density at radius 3 is 2.36 bits per heavy atom. The molecule has 2 saturated heterocycles. The fraction of sp³-hybridized carbons (Fsp3) is 0.300. The van der Waals surface area contributed by atoms with E-state index in [-0.39, 0.29) is 37.6 Å². The van der Waals surface area contributed by atoms with Gasteiger partial charge < -0.3 is 19.9 Å². The molecule has 0 bridgehead atoms. The van der Waals surface area contributed by atoms with Crippen LogP contribution in [-0.2, 0) is 28.9 Å². The zero-order valence-corrected chi connectivity index (χ0v) is 23.0. The van der Waals surface area contributed by atoms with Gasteiger partial charge in [0.2, 0.25) is 5.91 Å². The number of nitrogens with one attached hydrogen (secondary N) is 1. The fourth-order valence-electron chi connectivity index (χ4n) is 5.37. The lowest BCUT2D eigenvalue weighted by Gasteiger charge is -2.54. The van der Waals surface area contributed by atoms with Crippen LogP contribution in [0.2, 0.25) is 0 Å². The number of rotatable bonds is 6. The van der Waals surface area contributed by atoms with E-state index in [1.807, 2.05) is 12.1 Å². The third kappa shape index (κ3) is 5.89. The Bertz CT molecular complexity index is 1450. The van der Waals surface area contributed by atoms with Crippen LogP contribution in [0.4, 0.5) is 18.0 Å². The average molecular weight is 582 g/mol. The number of hydrogen-bond donors (Lipinski definition) is 1. The third-order valence-corrected chi connectivity index (χ3v) is 7.38. The quantitative estimate of drug-likeness (QED) is 0.476. The first kappa shape index (κ1) is 28.9. The van der Waals surface area contributed by atoms with Gasteiger partial charge in [-0.25, -0.2) is 14.8 Å². The molecular weight excluding hydrogens is 551 g/mol.